The Hall–Kier alpha value is -3.03. The van der Waals surface area contributed by atoms with Gasteiger partial charge >= 0.3 is 0 Å². The maximum Gasteiger partial charge on any atom is 0.291 e. The van der Waals surface area contributed by atoms with Gasteiger partial charge in [-0.05, 0) is 38.2 Å². The number of piperazine rings is 1. The van der Waals surface area contributed by atoms with Gasteiger partial charge in [-0.2, -0.15) is 0 Å². The minimum absolute atomic E-state index is 0.0713. The molecule has 1 aliphatic heterocycles. The summed E-state index contributed by atoms with van der Waals surface area (Å²) in [5.41, 5.74) is 2.06. The van der Waals surface area contributed by atoms with E-state index in [1.54, 1.807) is 24.3 Å². The third kappa shape index (κ3) is 4.11. The van der Waals surface area contributed by atoms with Crippen molar-refractivity contribution >= 4 is 40.1 Å². The Labute approximate surface area is 185 Å². The third-order valence-electron chi connectivity index (χ3n) is 5.61. The lowest BCUT2D eigenvalue weighted by Gasteiger charge is -2.32. The average Bonchev–Trinajstić information content (AvgIpc) is 3.12. The summed E-state index contributed by atoms with van der Waals surface area (Å²) >= 11 is 6.20. The fourth-order valence-electron chi connectivity index (χ4n) is 3.74. The second kappa shape index (κ2) is 8.61. The number of aryl methyl sites for hydroxylation is 1. The number of ether oxygens (including phenoxy) is 1. The number of nitrogens with zero attached hydrogens (tertiary/aromatic N) is 2. The average molecular weight is 442 g/mol. The number of hydrogen-bond donors (Lipinski definition) is 1. The zero-order valence-electron chi connectivity index (χ0n) is 17.7. The Balaban J connectivity index is 1.61. The van der Waals surface area contributed by atoms with Crippen LogP contribution < -0.4 is 10.1 Å². The summed E-state index contributed by atoms with van der Waals surface area (Å²) in [6.07, 6.45) is 0. The zero-order chi connectivity index (χ0) is 22.1. The molecule has 0 bridgehead atoms. The smallest absolute Gasteiger partial charge is 0.291 e. The highest BCUT2D eigenvalue weighted by molar-refractivity contribution is 6.35. The molecule has 1 saturated heterocycles. The van der Waals surface area contributed by atoms with E-state index in [1.807, 2.05) is 31.0 Å². The second-order valence-electron chi connectivity index (χ2n) is 7.64. The number of amides is 2. The van der Waals surface area contributed by atoms with Crippen molar-refractivity contribution < 1.29 is 18.7 Å². The standard InChI is InChI=1S/C23H24ClN3O4/c1-14-16-5-4-6-17(24)21(16)31-20(14)22(28)25-18-13-15(7-8-19(18)30-3)23(29)27-11-9-26(2)10-12-27/h4-8,13H,9-12H2,1-3H3,(H,25,28). The van der Waals surface area contributed by atoms with Crippen molar-refractivity contribution in [1.82, 2.24) is 9.80 Å². The summed E-state index contributed by atoms with van der Waals surface area (Å²) < 4.78 is 11.1. The van der Waals surface area contributed by atoms with Crippen LogP contribution in [0.2, 0.25) is 5.02 Å². The minimum Gasteiger partial charge on any atom is -0.495 e. The number of methoxy groups -OCH3 is 1. The number of para-hydroxylation sites is 1. The van der Waals surface area contributed by atoms with Gasteiger partial charge in [0, 0.05) is 42.7 Å². The molecule has 1 N–H and O–H groups in total. The van der Waals surface area contributed by atoms with E-state index in [4.69, 9.17) is 20.8 Å². The molecular weight excluding hydrogens is 418 g/mol. The number of nitrogens with one attached hydrogen (secondary N) is 1. The molecule has 1 aromatic heterocycles. The lowest BCUT2D eigenvalue weighted by molar-refractivity contribution is 0.0664. The van der Waals surface area contributed by atoms with Gasteiger partial charge in [-0.3, -0.25) is 9.59 Å². The molecule has 162 valence electrons. The number of carbonyl (C=O) groups excluding carboxylic acids is 2. The van der Waals surface area contributed by atoms with Gasteiger partial charge in [0.05, 0.1) is 17.8 Å². The third-order valence-corrected chi connectivity index (χ3v) is 5.90. The number of anilines is 1. The quantitative estimate of drug-likeness (QED) is 0.661. The van der Waals surface area contributed by atoms with E-state index >= 15 is 0 Å². The number of hydrogen-bond acceptors (Lipinski definition) is 5. The first-order valence-electron chi connectivity index (χ1n) is 10.0. The lowest BCUT2D eigenvalue weighted by Crippen LogP contribution is -2.47. The summed E-state index contributed by atoms with van der Waals surface area (Å²) in [5.74, 6) is 0.112. The largest absolute Gasteiger partial charge is 0.495 e. The number of halogens is 1. The molecule has 0 radical (unpaired) electrons. The van der Waals surface area contributed by atoms with Crippen molar-refractivity contribution in [2.24, 2.45) is 0 Å². The van der Waals surface area contributed by atoms with Crippen LogP contribution in [0.25, 0.3) is 11.0 Å². The van der Waals surface area contributed by atoms with Crippen molar-refractivity contribution in [2.45, 2.75) is 6.92 Å². The molecule has 0 saturated carbocycles. The molecule has 0 spiro atoms. The number of furan rings is 1. The molecule has 0 atom stereocenters. The fourth-order valence-corrected chi connectivity index (χ4v) is 3.95. The van der Waals surface area contributed by atoms with E-state index in [2.05, 4.69) is 10.2 Å². The molecule has 8 heteroatoms. The molecule has 3 aromatic rings. The molecule has 1 fully saturated rings. The van der Waals surface area contributed by atoms with Crippen LogP contribution in [0.15, 0.2) is 40.8 Å². The van der Waals surface area contributed by atoms with Gasteiger partial charge in [-0.1, -0.05) is 23.7 Å². The molecule has 2 amide bonds. The number of rotatable bonds is 4. The molecule has 0 aliphatic carbocycles. The first kappa shape index (κ1) is 21.2. The summed E-state index contributed by atoms with van der Waals surface area (Å²) in [4.78, 5) is 29.9. The van der Waals surface area contributed by atoms with Crippen LogP contribution in [0.1, 0.15) is 26.5 Å². The topological polar surface area (TPSA) is 75.0 Å². The Morgan fingerprint density at radius 3 is 2.55 bits per heavy atom. The van der Waals surface area contributed by atoms with Crippen molar-refractivity contribution in [1.29, 1.82) is 0 Å². The lowest BCUT2D eigenvalue weighted by atomic mass is 10.1. The van der Waals surface area contributed by atoms with E-state index in [0.29, 0.717) is 46.3 Å². The summed E-state index contributed by atoms with van der Waals surface area (Å²) in [6.45, 7) is 4.81. The van der Waals surface area contributed by atoms with Crippen LogP contribution in [-0.4, -0.2) is 62.0 Å². The fraction of sp³-hybridized carbons (Fsp3) is 0.304. The van der Waals surface area contributed by atoms with E-state index in [0.717, 1.165) is 18.5 Å². The molecule has 0 unspecified atom stereocenters. The van der Waals surface area contributed by atoms with Crippen LogP contribution in [0.3, 0.4) is 0 Å². The van der Waals surface area contributed by atoms with Gasteiger partial charge in [0.15, 0.2) is 11.3 Å². The number of likely N-dealkylation sites (N-methyl/N-ethyl adjacent to an activating group) is 1. The maximum atomic E-state index is 13.0. The first-order valence-corrected chi connectivity index (χ1v) is 10.4. The van der Waals surface area contributed by atoms with Crippen molar-refractivity contribution in [3.8, 4) is 5.75 Å². The molecule has 2 aromatic carbocycles. The van der Waals surface area contributed by atoms with Crippen molar-refractivity contribution in [2.75, 3.05) is 45.7 Å². The van der Waals surface area contributed by atoms with Gasteiger partial charge < -0.3 is 24.3 Å². The molecule has 7 nitrogen and oxygen atoms in total. The second-order valence-corrected chi connectivity index (χ2v) is 8.04. The van der Waals surface area contributed by atoms with E-state index in [9.17, 15) is 9.59 Å². The Morgan fingerprint density at radius 2 is 1.87 bits per heavy atom. The predicted octanol–water partition coefficient (Wildman–Crippen LogP) is 4.04. The normalized spacial score (nSPS) is 14.6. The Kier molecular flexibility index (Phi) is 5.89. The Morgan fingerprint density at radius 1 is 1.13 bits per heavy atom. The highest BCUT2D eigenvalue weighted by atomic mass is 35.5. The van der Waals surface area contributed by atoms with Gasteiger partial charge in [-0.15, -0.1) is 0 Å². The SMILES string of the molecule is COc1ccc(C(=O)N2CCN(C)CC2)cc1NC(=O)c1oc2c(Cl)cccc2c1C. The molecule has 2 heterocycles. The van der Waals surface area contributed by atoms with Crippen LogP contribution in [0, 0.1) is 6.92 Å². The molecular formula is C23H24ClN3O4. The van der Waals surface area contributed by atoms with Gasteiger partial charge in [0.2, 0.25) is 0 Å². The van der Waals surface area contributed by atoms with Crippen LogP contribution >= 0.6 is 11.6 Å². The van der Waals surface area contributed by atoms with Gasteiger partial charge in [0.1, 0.15) is 5.75 Å². The number of fused-ring (bicyclic) bond motifs is 1. The van der Waals surface area contributed by atoms with Crippen LogP contribution in [-0.2, 0) is 0 Å². The van der Waals surface area contributed by atoms with Gasteiger partial charge in [0.25, 0.3) is 11.8 Å². The highest BCUT2D eigenvalue weighted by Gasteiger charge is 2.23. The number of carbonyl (C=O) groups is 2. The van der Waals surface area contributed by atoms with Crippen molar-refractivity contribution in [3.05, 3.63) is 58.3 Å². The van der Waals surface area contributed by atoms with Crippen LogP contribution in [0.5, 0.6) is 5.75 Å². The predicted molar refractivity (Wildman–Crippen MR) is 120 cm³/mol. The molecule has 4 rings (SSSR count). The highest BCUT2D eigenvalue weighted by Crippen LogP contribution is 2.32. The summed E-state index contributed by atoms with van der Waals surface area (Å²) in [5, 5.41) is 4.05. The number of benzene rings is 2. The van der Waals surface area contributed by atoms with E-state index < -0.39 is 5.91 Å². The first-order chi connectivity index (χ1) is 14.9. The van der Waals surface area contributed by atoms with Crippen molar-refractivity contribution in [3.63, 3.8) is 0 Å². The monoisotopic (exact) mass is 441 g/mol. The maximum absolute atomic E-state index is 13.0. The molecule has 31 heavy (non-hydrogen) atoms. The van der Waals surface area contributed by atoms with E-state index in [-0.39, 0.29) is 11.7 Å². The zero-order valence-corrected chi connectivity index (χ0v) is 18.5. The Bertz CT molecular complexity index is 1150. The minimum atomic E-state index is -0.438. The summed E-state index contributed by atoms with van der Waals surface area (Å²) in [6, 6.07) is 10.4. The summed E-state index contributed by atoms with van der Waals surface area (Å²) in [7, 11) is 3.55. The van der Waals surface area contributed by atoms with Crippen LogP contribution in [0.4, 0.5) is 5.69 Å². The van der Waals surface area contributed by atoms with E-state index in [1.165, 1.54) is 7.11 Å². The molecule has 1 aliphatic rings. The van der Waals surface area contributed by atoms with Gasteiger partial charge in [-0.25, -0.2) is 0 Å².